The van der Waals surface area contributed by atoms with E-state index in [2.05, 4.69) is 10.6 Å². The van der Waals surface area contributed by atoms with Gasteiger partial charge in [-0.1, -0.05) is 19.3 Å². The summed E-state index contributed by atoms with van der Waals surface area (Å²) >= 11 is 0. The maximum atomic E-state index is 12.0. The SMILES string of the molecule is CC(OCC1CCNC1)C(=O)NC1CCCCC1. The molecule has 0 radical (unpaired) electrons. The van der Waals surface area contributed by atoms with E-state index in [9.17, 15) is 4.79 Å². The molecule has 1 aliphatic carbocycles. The summed E-state index contributed by atoms with van der Waals surface area (Å²) in [6.07, 6.45) is 6.91. The molecule has 18 heavy (non-hydrogen) atoms. The van der Waals surface area contributed by atoms with Crippen LogP contribution >= 0.6 is 0 Å². The van der Waals surface area contributed by atoms with Crippen molar-refractivity contribution < 1.29 is 9.53 Å². The Balaban J connectivity index is 1.63. The highest BCUT2D eigenvalue weighted by atomic mass is 16.5. The predicted molar refractivity (Wildman–Crippen MR) is 71.4 cm³/mol. The van der Waals surface area contributed by atoms with E-state index in [1.54, 1.807) is 0 Å². The number of carbonyl (C=O) groups is 1. The topological polar surface area (TPSA) is 50.4 Å². The minimum atomic E-state index is -0.312. The third kappa shape index (κ3) is 4.25. The Morgan fingerprint density at radius 2 is 2.11 bits per heavy atom. The van der Waals surface area contributed by atoms with E-state index >= 15 is 0 Å². The Morgan fingerprint density at radius 1 is 1.33 bits per heavy atom. The molecule has 1 heterocycles. The molecule has 4 heteroatoms. The normalized spacial score (nSPS) is 27.1. The second-order valence-electron chi connectivity index (χ2n) is 5.68. The molecule has 0 aromatic rings. The van der Waals surface area contributed by atoms with Crippen LogP contribution in [0.15, 0.2) is 0 Å². The lowest BCUT2D eigenvalue weighted by molar-refractivity contribution is -0.133. The average molecular weight is 254 g/mol. The molecule has 2 aliphatic rings. The fourth-order valence-electron chi connectivity index (χ4n) is 2.78. The second-order valence-corrected chi connectivity index (χ2v) is 5.68. The molecular formula is C14H26N2O2. The number of hydrogen-bond acceptors (Lipinski definition) is 3. The maximum Gasteiger partial charge on any atom is 0.249 e. The fraction of sp³-hybridized carbons (Fsp3) is 0.929. The Hall–Kier alpha value is -0.610. The first-order chi connectivity index (χ1) is 8.75. The molecule has 1 saturated heterocycles. The van der Waals surface area contributed by atoms with Crippen LogP contribution in [0, 0.1) is 5.92 Å². The van der Waals surface area contributed by atoms with Crippen LogP contribution < -0.4 is 10.6 Å². The van der Waals surface area contributed by atoms with Gasteiger partial charge in [-0.05, 0) is 38.6 Å². The molecule has 1 amide bonds. The number of amides is 1. The molecule has 0 spiro atoms. The first-order valence-corrected chi connectivity index (χ1v) is 7.38. The molecule has 2 N–H and O–H groups in total. The first-order valence-electron chi connectivity index (χ1n) is 7.38. The van der Waals surface area contributed by atoms with Gasteiger partial charge in [-0.3, -0.25) is 4.79 Å². The van der Waals surface area contributed by atoms with Crippen molar-refractivity contribution in [2.24, 2.45) is 5.92 Å². The Bertz CT molecular complexity index is 259. The summed E-state index contributed by atoms with van der Waals surface area (Å²) in [6, 6.07) is 0.380. The zero-order valence-corrected chi connectivity index (χ0v) is 11.4. The van der Waals surface area contributed by atoms with Gasteiger partial charge in [-0.15, -0.1) is 0 Å². The Labute approximate surface area is 110 Å². The monoisotopic (exact) mass is 254 g/mol. The number of carbonyl (C=O) groups excluding carboxylic acids is 1. The molecule has 0 aromatic heterocycles. The number of hydrogen-bond donors (Lipinski definition) is 2. The summed E-state index contributed by atoms with van der Waals surface area (Å²) in [7, 11) is 0. The van der Waals surface area contributed by atoms with Crippen LogP contribution in [0.5, 0.6) is 0 Å². The van der Waals surface area contributed by atoms with Crippen LogP contribution in [0.2, 0.25) is 0 Å². The maximum absolute atomic E-state index is 12.0. The van der Waals surface area contributed by atoms with E-state index in [1.165, 1.54) is 19.3 Å². The van der Waals surface area contributed by atoms with Crippen LogP contribution in [0.3, 0.4) is 0 Å². The molecule has 1 saturated carbocycles. The molecule has 104 valence electrons. The fourth-order valence-corrected chi connectivity index (χ4v) is 2.78. The van der Waals surface area contributed by atoms with Crippen molar-refractivity contribution >= 4 is 5.91 Å². The van der Waals surface area contributed by atoms with E-state index in [1.807, 2.05) is 6.92 Å². The van der Waals surface area contributed by atoms with Gasteiger partial charge in [0, 0.05) is 12.6 Å². The van der Waals surface area contributed by atoms with Gasteiger partial charge in [-0.2, -0.15) is 0 Å². The third-order valence-electron chi connectivity index (χ3n) is 4.07. The van der Waals surface area contributed by atoms with Gasteiger partial charge in [-0.25, -0.2) is 0 Å². The number of ether oxygens (including phenoxy) is 1. The van der Waals surface area contributed by atoms with Crippen LogP contribution in [0.25, 0.3) is 0 Å². The lowest BCUT2D eigenvalue weighted by atomic mass is 9.95. The van der Waals surface area contributed by atoms with E-state index in [4.69, 9.17) is 4.74 Å². The molecule has 2 rings (SSSR count). The van der Waals surface area contributed by atoms with E-state index in [0.717, 1.165) is 32.4 Å². The van der Waals surface area contributed by atoms with Crippen molar-refractivity contribution in [3.63, 3.8) is 0 Å². The average Bonchev–Trinajstić information content (AvgIpc) is 2.90. The van der Waals surface area contributed by atoms with Crippen molar-refractivity contribution in [2.75, 3.05) is 19.7 Å². The third-order valence-corrected chi connectivity index (χ3v) is 4.07. The van der Waals surface area contributed by atoms with Crippen LogP contribution in [-0.2, 0) is 9.53 Å². The van der Waals surface area contributed by atoms with Gasteiger partial charge in [0.1, 0.15) is 6.10 Å². The van der Waals surface area contributed by atoms with Gasteiger partial charge >= 0.3 is 0 Å². The van der Waals surface area contributed by atoms with Crippen molar-refractivity contribution in [1.29, 1.82) is 0 Å². The molecule has 1 aliphatic heterocycles. The molecular weight excluding hydrogens is 228 g/mol. The van der Waals surface area contributed by atoms with Gasteiger partial charge in [0.15, 0.2) is 0 Å². The van der Waals surface area contributed by atoms with E-state index in [0.29, 0.717) is 18.6 Å². The second kappa shape index (κ2) is 7.10. The summed E-state index contributed by atoms with van der Waals surface area (Å²) in [4.78, 5) is 12.0. The van der Waals surface area contributed by atoms with Gasteiger partial charge in [0.05, 0.1) is 6.61 Å². The summed E-state index contributed by atoms with van der Waals surface area (Å²) < 4.78 is 5.68. The Morgan fingerprint density at radius 3 is 2.78 bits per heavy atom. The molecule has 2 atom stereocenters. The summed E-state index contributed by atoms with van der Waals surface area (Å²) in [5, 5.41) is 6.42. The van der Waals surface area contributed by atoms with E-state index < -0.39 is 0 Å². The molecule has 0 bridgehead atoms. The van der Waals surface area contributed by atoms with Gasteiger partial charge in [0.2, 0.25) is 5.91 Å². The lowest BCUT2D eigenvalue weighted by Gasteiger charge is -2.24. The number of nitrogens with one attached hydrogen (secondary N) is 2. The smallest absolute Gasteiger partial charge is 0.249 e. The van der Waals surface area contributed by atoms with Gasteiger partial charge in [0.25, 0.3) is 0 Å². The number of rotatable bonds is 5. The molecule has 2 unspecified atom stereocenters. The Kier molecular flexibility index (Phi) is 5.45. The molecule has 0 aromatic carbocycles. The van der Waals surface area contributed by atoms with Crippen molar-refractivity contribution in [3.8, 4) is 0 Å². The van der Waals surface area contributed by atoms with Crippen LogP contribution in [0.4, 0.5) is 0 Å². The van der Waals surface area contributed by atoms with Crippen LogP contribution in [-0.4, -0.2) is 37.7 Å². The minimum Gasteiger partial charge on any atom is -0.368 e. The van der Waals surface area contributed by atoms with Gasteiger partial charge < -0.3 is 15.4 Å². The van der Waals surface area contributed by atoms with Crippen molar-refractivity contribution in [1.82, 2.24) is 10.6 Å². The molecule has 2 fully saturated rings. The van der Waals surface area contributed by atoms with E-state index in [-0.39, 0.29) is 12.0 Å². The molecule has 4 nitrogen and oxygen atoms in total. The zero-order valence-electron chi connectivity index (χ0n) is 11.4. The van der Waals surface area contributed by atoms with Crippen LogP contribution in [0.1, 0.15) is 45.4 Å². The predicted octanol–water partition coefficient (Wildman–Crippen LogP) is 1.45. The minimum absolute atomic E-state index is 0.0628. The van der Waals surface area contributed by atoms with Crippen molar-refractivity contribution in [2.45, 2.75) is 57.6 Å². The first kappa shape index (κ1) is 13.8. The zero-order chi connectivity index (χ0) is 12.8. The highest BCUT2D eigenvalue weighted by Gasteiger charge is 2.22. The highest BCUT2D eigenvalue weighted by Crippen LogP contribution is 2.17. The highest BCUT2D eigenvalue weighted by molar-refractivity contribution is 5.80. The summed E-state index contributed by atoms with van der Waals surface area (Å²) in [5.74, 6) is 0.641. The standard InChI is InChI=1S/C14H26N2O2/c1-11(18-10-12-7-8-15-9-12)14(17)16-13-5-3-2-4-6-13/h11-13,15H,2-10H2,1H3,(H,16,17). The quantitative estimate of drug-likeness (QED) is 0.781. The summed E-state index contributed by atoms with van der Waals surface area (Å²) in [5.41, 5.74) is 0. The summed E-state index contributed by atoms with van der Waals surface area (Å²) in [6.45, 7) is 4.67. The largest absolute Gasteiger partial charge is 0.368 e. The van der Waals surface area contributed by atoms with Crippen molar-refractivity contribution in [3.05, 3.63) is 0 Å². The lowest BCUT2D eigenvalue weighted by Crippen LogP contribution is -2.42.